The van der Waals surface area contributed by atoms with Gasteiger partial charge < -0.3 is 16.2 Å². The highest BCUT2D eigenvalue weighted by Gasteiger charge is 2.28. The fourth-order valence-electron chi connectivity index (χ4n) is 2.81. The van der Waals surface area contributed by atoms with Gasteiger partial charge in [0.05, 0.1) is 0 Å². The lowest BCUT2D eigenvalue weighted by Gasteiger charge is -2.20. The van der Waals surface area contributed by atoms with Crippen LogP contribution in [0.2, 0.25) is 0 Å². The summed E-state index contributed by atoms with van der Waals surface area (Å²) in [5.74, 6) is 0.0987. The van der Waals surface area contributed by atoms with Crippen molar-refractivity contribution in [3.8, 4) is 0 Å². The van der Waals surface area contributed by atoms with Gasteiger partial charge in [-0.05, 0) is 43.9 Å². The van der Waals surface area contributed by atoms with Crippen LogP contribution in [0.3, 0.4) is 0 Å². The number of nitrogens with two attached hydrogens (primary N) is 1. The number of aryl methyl sites for hydroxylation is 2. The maximum absolute atomic E-state index is 12.3. The van der Waals surface area contributed by atoms with E-state index in [0.717, 1.165) is 30.4 Å². The maximum Gasteiger partial charge on any atom is 0.251 e. The van der Waals surface area contributed by atoms with E-state index < -0.39 is 0 Å². The molecule has 0 aromatic heterocycles. The van der Waals surface area contributed by atoms with Crippen molar-refractivity contribution in [1.29, 1.82) is 0 Å². The molecule has 1 aromatic carbocycles. The number of amides is 1. The van der Waals surface area contributed by atoms with E-state index in [1.165, 1.54) is 0 Å². The average molecular weight is 262 g/mol. The molecule has 19 heavy (non-hydrogen) atoms. The van der Waals surface area contributed by atoms with Crippen molar-refractivity contribution in [3.05, 3.63) is 28.8 Å². The fourth-order valence-corrected chi connectivity index (χ4v) is 2.81. The SMILES string of the molecule is Cc1cc(C)c(C(=O)NC2CCCC2CO)cc1N. The Kier molecular flexibility index (Phi) is 4.10. The summed E-state index contributed by atoms with van der Waals surface area (Å²) < 4.78 is 0. The topological polar surface area (TPSA) is 75.3 Å². The molecule has 0 bridgehead atoms. The summed E-state index contributed by atoms with van der Waals surface area (Å²) in [4.78, 5) is 12.3. The van der Waals surface area contributed by atoms with E-state index in [2.05, 4.69) is 5.32 Å². The Bertz CT molecular complexity index is 485. The van der Waals surface area contributed by atoms with Gasteiger partial charge >= 0.3 is 0 Å². The summed E-state index contributed by atoms with van der Waals surface area (Å²) in [6, 6.07) is 3.75. The van der Waals surface area contributed by atoms with Crippen molar-refractivity contribution in [2.24, 2.45) is 5.92 Å². The monoisotopic (exact) mass is 262 g/mol. The highest BCUT2D eigenvalue weighted by atomic mass is 16.3. The summed E-state index contributed by atoms with van der Waals surface area (Å²) in [5, 5.41) is 12.3. The van der Waals surface area contributed by atoms with Crippen molar-refractivity contribution in [2.75, 3.05) is 12.3 Å². The lowest BCUT2D eigenvalue weighted by molar-refractivity contribution is 0.0915. The zero-order valence-electron chi connectivity index (χ0n) is 11.6. The van der Waals surface area contributed by atoms with E-state index in [4.69, 9.17) is 5.73 Å². The third-order valence-electron chi connectivity index (χ3n) is 4.07. The minimum atomic E-state index is -0.0884. The van der Waals surface area contributed by atoms with Crippen LogP contribution in [0, 0.1) is 19.8 Å². The second-order valence-corrected chi connectivity index (χ2v) is 5.48. The maximum atomic E-state index is 12.3. The molecule has 1 amide bonds. The number of nitrogen functional groups attached to an aromatic ring is 1. The lowest BCUT2D eigenvalue weighted by Crippen LogP contribution is -2.38. The van der Waals surface area contributed by atoms with Crippen LogP contribution in [0.25, 0.3) is 0 Å². The number of carbonyl (C=O) groups is 1. The number of hydrogen-bond acceptors (Lipinski definition) is 3. The first kappa shape index (κ1) is 13.9. The van der Waals surface area contributed by atoms with Crippen LogP contribution in [-0.2, 0) is 0 Å². The first-order valence-electron chi connectivity index (χ1n) is 6.81. The smallest absolute Gasteiger partial charge is 0.251 e. The van der Waals surface area contributed by atoms with Gasteiger partial charge in [-0.1, -0.05) is 12.5 Å². The Labute approximate surface area is 114 Å². The third-order valence-corrected chi connectivity index (χ3v) is 4.07. The highest BCUT2D eigenvalue weighted by Crippen LogP contribution is 2.26. The second kappa shape index (κ2) is 5.61. The first-order chi connectivity index (χ1) is 9.02. The van der Waals surface area contributed by atoms with Gasteiger partial charge in [0.15, 0.2) is 0 Å². The largest absolute Gasteiger partial charge is 0.398 e. The molecule has 1 fully saturated rings. The van der Waals surface area contributed by atoms with Crippen LogP contribution in [0.1, 0.15) is 40.7 Å². The van der Waals surface area contributed by atoms with Gasteiger partial charge in [0.25, 0.3) is 5.91 Å². The predicted molar refractivity (Wildman–Crippen MR) is 76.0 cm³/mol. The zero-order valence-corrected chi connectivity index (χ0v) is 11.6. The molecule has 1 saturated carbocycles. The molecule has 4 N–H and O–H groups in total. The van der Waals surface area contributed by atoms with Gasteiger partial charge in [-0.15, -0.1) is 0 Å². The van der Waals surface area contributed by atoms with Crippen molar-refractivity contribution in [1.82, 2.24) is 5.32 Å². The molecule has 0 heterocycles. The molecule has 0 aliphatic heterocycles. The Morgan fingerprint density at radius 3 is 2.79 bits per heavy atom. The molecule has 0 spiro atoms. The molecule has 0 saturated heterocycles. The van der Waals surface area contributed by atoms with Crippen LogP contribution in [-0.4, -0.2) is 23.7 Å². The van der Waals surface area contributed by atoms with Gasteiger partial charge in [-0.3, -0.25) is 4.79 Å². The minimum Gasteiger partial charge on any atom is -0.398 e. The summed E-state index contributed by atoms with van der Waals surface area (Å²) in [6.07, 6.45) is 2.99. The molecule has 104 valence electrons. The highest BCUT2D eigenvalue weighted by molar-refractivity contribution is 5.97. The molecule has 1 aliphatic carbocycles. The molecule has 0 radical (unpaired) electrons. The van der Waals surface area contributed by atoms with E-state index in [1.807, 2.05) is 19.9 Å². The number of aliphatic hydroxyl groups excluding tert-OH is 1. The standard InChI is InChI=1S/C15H22N2O2/c1-9-6-10(2)13(16)7-12(9)15(19)17-14-5-3-4-11(14)8-18/h6-7,11,14,18H,3-5,8,16H2,1-2H3,(H,17,19). The number of anilines is 1. The fraction of sp³-hybridized carbons (Fsp3) is 0.533. The normalized spacial score (nSPS) is 22.5. The zero-order chi connectivity index (χ0) is 14.0. The quantitative estimate of drug-likeness (QED) is 0.727. The number of nitrogens with one attached hydrogen (secondary N) is 1. The van der Waals surface area contributed by atoms with Crippen molar-refractivity contribution in [2.45, 2.75) is 39.2 Å². The Morgan fingerprint density at radius 2 is 2.11 bits per heavy atom. The van der Waals surface area contributed by atoms with Gasteiger partial charge in [-0.25, -0.2) is 0 Å². The molecule has 1 aromatic rings. The summed E-state index contributed by atoms with van der Waals surface area (Å²) in [5.41, 5.74) is 9.06. The summed E-state index contributed by atoms with van der Waals surface area (Å²) >= 11 is 0. The number of rotatable bonds is 3. The van der Waals surface area contributed by atoms with Crippen LogP contribution in [0.5, 0.6) is 0 Å². The number of aliphatic hydroxyl groups is 1. The molecule has 2 unspecified atom stereocenters. The molecule has 4 nitrogen and oxygen atoms in total. The van der Waals surface area contributed by atoms with Crippen LogP contribution < -0.4 is 11.1 Å². The molecule has 2 atom stereocenters. The molecular weight excluding hydrogens is 240 g/mol. The summed E-state index contributed by atoms with van der Waals surface area (Å²) in [6.45, 7) is 3.99. The van der Waals surface area contributed by atoms with Gasteiger partial charge in [-0.2, -0.15) is 0 Å². The van der Waals surface area contributed by atoms with E-state index in [9.17, 15) is 9.90 Å². The minimum absolute atomic E-state index is 0.0828. The van der Waals surface area contributed by atoms with Gasteiger partial charge in [0.1, 0.15) is 0 Å². The van der Waals surface area contributed by atoms with E-state index in [0.29, 0.717) is 11.3 Å². The first-order valence-corrected chi connectivity index (χ1v) is 6.81. The molecule has 2 rings (SSSR count). The third kappa shape index (κ3) is 2.89. The van der Waals surface area contributed by atoms with Crippen molar-refractivity contribution >= 4 is 11.6 Å². The van der Waals surface area contributed by atoms with E-state index in [-0.39, 0.29) is 24.5 Å². The van der Waals surface area contributed by atoms with Crippen molar-refractivity contribution in [3.63, 3.8) is 0 Å². The van der Waals surface area contributed by atoms with Crippen molar-refractivity contribution < 1.29 is 9.90 Å². The number of benzene rings is 1. The Balaban J connectivity index is 2.14. The number of carbonyl (C=O) groups excluding carboxylic acids is 1. The van der Waals surface area contributed by atoms with Gasteiger partial charge in [0, 0.05) is 29.8 Å². The molecular formula is C15H22N2O2. The van der Waals surface area contributed by atoms with Gasteiger partial charge in [0.2, 0.25) is 0 Å². The van der Waals surface area contributed by atoms with E-state index in [1.54, 1.807) is 6.07 Å². The Hall–Kier alpha value is -1.55. The Morgan fingerprint density at radius 1 is 1.37 bits per heavy atom. The van der Waals surface area contributed by atoms with Crippen LogP contribution in [0.15, 0.2) is 12.1 Å². The van der Waals surface area contributed by atoms with Crippen LogP contribution in [0.4, 0.5) is 5.69 Å². The lowest BCUT2D eigenvalue weighted by atomic mass is 10.0. The van der Waals surface area contributed by atoms with Crippen LogP contribution >= 0.6 is 0 Å². The summed E-state index contributed by atoms with van der Waals surface area (Å²) in [7, 11) is 0. The number of hydrogen-bond donors (Lipinski definition) is 3. The average Bonchev–Trinajstić information content (AvgIpc) is 2.80. The second-order valence-electron chi connectivity index (χ2n) is 5.48. The molecule has 4 heteroatoms. The predicted octanol–water partition coefficient (Wildman–Crippen LogP) is 1.78. The van der Waals surface area contributed by atoms with E-state index >= 15 is 0 Å². The molecule has 1 aliphatic rings.